The van der Waals surface area contributed by atoms with E-state index in [4.69, 9.17) is 9.47 Å². The molecule has 2 rings (SSSR count). The van der Waals surface area contributed by atoms with Gasteiger partial charge in [-0.1, -0.05) is 19.9 Å². The molecule has 15 heteroatoms. The van der Waals surface area contributed by atoms with Crippen LogP contribution in [0.5, 0.6) is 5.75 Å². The Kier molecular flexibility index (Phi) is 13.6. The van der Waals surface area contributed by atoms with Crippen molar-refractivity contribution in [2.45, 2.75) is 70.1 Å². The zero-order valence-electron chi connectivity index (χ0n) is 22.7. The topological polar surface area (TPSA) is 183 Å². The smallest absolute Gasteiger partial charge is 0.746 e. The summed E-state index contributed by atoms with van der Waals surface area (Å²) in [6.07, 6.45) is -0.818. The van der Waals surface area contributed by atoms with Gasteiger partial charge in [-0.2, -0.15) is 0 Å². The van der Waals surface area contributed by atoms with Gasteiger partial charge < -0.3 is 35.1 Å². The molecule has 4 N–H and O–H groups in total. The summed E-state index contributed by atoms with van der Waals surface area (Å²) in [5.41, 5.74) is -3.55. The first-order valence-corrected chi connectivity index (χ1v) is 13.6. The number of hydrogen-bond acceptors (Lipinski definition) is 9. The van der Waals surface area contributed by atoms with Gasteiger partial charge >= 0.3 is 35.7 Å². The zero-order valence-corrected chi connectivity index (χ0v) is 25.5. The van der Waals surface area contributed by atoms with E-state index in [0.29, 0.717) is 13.0 Å². The Balaban J connectivity index is 0.00000760. The summed E-state index contributed by atoms with van der Waals surface area (Å²) in [6.45, 7) is 6.85. The first-order chi connectivity index (χ1) is 17.6. The molecular weight excluding hydrogens is 548 g/mol. The molecule has 0 aliphatic carbocycles. The maximum Gasteiger partial charge on any atom is 1.00 e. The second-order valence-electron chi connectivity index (χ2n) is 10.2. The minimum atomic E-state index is -5.22. The van der Waals surface area contributed by atoms with Crippen LogP contribution >= 0.6 is 0 Å². The number of alkyl carbamates (subject to hydrolysis) is 1. The number of benzene rings is 1. The maximum absolute atomic E-state index is 13.4. The Morgan fingerprint density at radius 2 is 1.95 bits per heavy atom. The van der Waals surface area contributed by atoms with Crippen molar-refractivity contribution in [1.82, 2.24) is 16.0 Å². The fourth-order valence-corrected chi connectivity index (χ4v) is 4.49. The number of aliphatic hydroxyl groups excluding tert-OH is 1. The number of hydrogen-bond donors (Lipinski definition) is 4. The van der Waals surface area contributed by atoms with E-state index in [1.807, 2.05) is 0 Å². The van der Waals surface area contributed by atoms with Gasteiger partial charge in [0.2, 0.25) is 11.8 Å². The molecule has 1 saturated heterocycles. The van der Waals surface area contributed by atoms with E-state index >= 15 is 0 Å². The second kappa shape index (κ2) is 15.1. The zero-order chi connectivity index (χ0) is 28.7. The minimum Gasteiger partial charge on any atom is -0.746 e. The molecule has 214 valence electrons. The predicted octanol–water partition coefficient (Wildman–Crippen LogP) is -2.00. The summed E-state index contributed by atoms with van der Waals surface area (Å²) < 4.78 is 58.7. The molecule has 0 saturated carbocycles. The van der Waals surface area contributed by atoms with Crippen LogP contribution in [-0.4, -0.2) is 72.3 Å². The number of carbonyl (C=O) groups excluding carboxylic acids is 3. The van der Waals surface area contributed by atoms with Gasteiger partial charge in [0, 0.05) is 18.5 Å². The van der Waals surface area contributed by atoms with Gasteiger partial charge in [0.05, 0.1) is 6.04 Å². The maximum atomic E-state index is 13.4. The van der Waals surface area contributed by atoms with Crippen molar-refractivity contribution in [2.24, 2.45) is 11.8 Å². The van der Waals surface area contributed by atoms with Crippen molar-refractivity contribution in [3.8, 4) is 5.75 Å². The van der Waals surface area contributed by atoms with E-state index in [0.717, 1.165) is 0 Å². The van der Waals surface area contributed by atoms with Crippen LogP contribution in [0.3, 0.4) is 0 Å². The van der Waals surface area contributed by atoms with Crippen molar-refractivity contribution in [2.75, 3.05) is 13.2 Å². The monoisotopic (exact) mass is 583 g/mol. The van der Waals surface area contributed by atoms with Crippen LogP contribution < -0.4 is 50.2 Å². The van der Waals surface area contributed by atoms with Gasteiger partial charge in [-0.25, -0.2) is 17.6 Å². The Morgan fingerprint density at radius 1 is 1.28 bits per heavy atom. The summed E-state index contributed by atoms with van der Waals surface area (Å²) >= 11 is 0. The molecule has 12 nitrogen and oxygen atoms in total. The van der Waals surface area contributed by atoms with E-state index in [9.17, 15) is 36.9 Å². The van der Waals surface area contributed by atoms with Crippen LogP contribution in [0, 0.1) is 17.7 Å². The SMILES string of the molecule is CC(C)C[C@H](NC(=O)OCC(C)(C)Oc1cccc(F)c1)C(=O)N[C@@H](C[C@@H]1CCNC1=O)C(O)S(=O)(=O)[O-].[Na+]. The summed E-state index contributed by atoms with van der Waals surface area (Å²) in [5.74, 6) is -2.34. The van der Waals surface area contributed by atoms with Crippen LogP contribution in [0.1, 0.15) is 47.0 Å². The molecule has 3 amide bonds. The van der Waals surface area contributed by atoms with Crippen molar-refractivity contribution in [3.05, 3.63) is 30.1 Å². The molecule has 0 aromatic heterocycles. The van der Waals surface area contributed by atoms with E-state index in [-0.39, 0.29) is 66.6 Å². The molecule has 1 aromatic carbocycles. The van der Waals surface area contributed by atoms with E-state index < -0.39 is 57.0 Å². The summed E-state index contributed by atoms with van der Waals surface area (Å²) in [5, 5.41) is 17.4. The fourth-order valence-electron chi connectivity index (χ4n) is 3.91. The van der Waals surface area contributed by atoms with Crippen LogP contribution in [0.25, 0.3) is 0 Å². The molecule has 4 atom stereocenters. The van der Waals surface area contributed by atoms with Crippen molar-refractivity contribution < 1.29 is 75.9 Å². The van der Waals surface area contributed by atoms with Crippen LogP contribution in [0.2, 0.25) is 0 Å². The molecule has 1 unspecified atom stereocenters. The molecule has 1 aliphatic heterocycles. The summed E-state index contributed by atoms with van der Waals surface area (Å²) in [7, 11) is -5.22. The average Bonchev–Trinajstić information content (AvgIpc) is 3.19. The van der Waals surface area contributed by atoms with E-state index in [2.05, 4.69) is 16.0 Å². The van der Waals surface area contributed by atoms with Crippen molar-refractivity contribution in [3.63, 3.8) is 0 Å². The molecule has 39 heavy (non-hydrogen) atoms. The largest absolute Gasteiger partial charge is 1.00 e. The van der Waals surface area contributed by atoms with Crippen molar-refractivity contribution >= 4 is 28.0 Å². The third kappa shape index (κ3) is 12.0. The van der Waals surface area contributed by atoms with Crippen molar-refractivity contribution in [1.29, 1.82) is 0 Å². The average molecular weight is 584 g/mol. The number of halogens is 1. The van der Waals surface area contributed by atoms with Gasteiger partial charge in [0.1, 0.15) is 39.9 Å². The fraction of sp³-hybridized carbons (Fsp3) is 0.625. The second-order valence-corrected chi connectivity index (χ2v) is 11.7. The van der Waals surface area contributed by atoms with Gasteiger partial charge in [-0.05, 0) is 51.2 Å². The molecule has 0 bridgehead atoms. The Bertz CT molecular complexity index is 1100. The van der Waals surface area contributed by atoms with Crippen LogP contribution in [0.4, 0.5) is 9.18 Å². The molecular formula is C24H35FN3NaO9S. The number of ether oxygens (including phenoxy) is 2. The first kappa shape index (κ1) is 35.1. The number of aliphatic hydroxyl groups is 1. The third-order valence-electron chi connectivity index (χ3n) is 5.73. The molecule has 1 aliphatic rings. The van der Waals surface area contributed by atoms with Gasteiger partial charge in [-0.15, -0.1) is 0 Å². The normalized spacial score (nSPS) is 17.8. The molecule has 0 spiro atoms. The first-order valence-electron chi connectivity index (χ1n) is 12.2. The van der Waals surface area contributed by atoms with E-state index in [1.54, 1.807) is 27.7 Å². The molecule has 1 aromatic rings. The Morgan fingerprint density at radius 3 is 2.49 bits per heavy atom. The predicted molar refractivity (Wildman–Crippen MR) is 132 cm³/mol. The Hall–Kier alpha value is -1.97. The number of carbonyl (C=O) groups is 3. The number of nitrogens with one attached hydrogen (secondary N) is 3. The van der Waals surface area contributed by atoms with E-state index in [1.165, 1.54) is 24.3 Å². The Labute approximate surface area is 249 Å². The number of amides is 3. The van der Waals surface area contributed by atoms with Crippen LogP contribution in [-0.2, 0) is 24.4 Å². The summed E-state index contributed by atoms with van der Waals surface area (Å²) in [6, 6.07) is 2.64. The quantitative estimate of drug-likeness (QED) is 0.151. The summed E-state index contributed by atoms with van der Waals surface area (Å²) in [4.78, 5) is 37.5. The van der Waals surface area contributed by atoms with Crippen LogP contribution in [0.15, 0.2) is 24.3 Å². The number of rotatable bonds is 13. The third-order valence-corrected chi connectivity index (χ3v) is 6.65. The van der Waals surface area contributed by atoms with Gasteiger partial charge in [0.25, 0.3) is 0 Å². The molecule has 1 fully saturated rings. The molecule has 1 heterocycles. The van der Waals surface area contributed by atoms with Gasteiger partial charge in [-0.3, -0.25) is 9.59 Å². The van der Waals surface area contributed by atoms with Gasteiger partial charge in [0.15, 0.2) is 5.44 Å². The molecule has 0 radical (unpaired) electrons. The standard InChI is InChI=1S/C24H36FN3O9S.Na/c1-14(2)10-18(28-23(32)36-13-24(3,4)37-17-7-5-6-16(25)12-17)21(30)27-19(22(31)38(33,34)35)11-15-8-9-26-20(15)29;/h5-7,12,14-15,18-19,22,31H,8-11,13H2,1-4H3,(H,26,29)(H,27,30)(H,28,32)(H,33,34,35);/q;+1/p-1/t15-,18-,19-,22?;/m0./s1. The minimum absolute atomic E-state index is 0.